The largest absolute Gasteiger partial charge is 0.492 e. The lowest BCUT2D eigenvalue weighted by Gasteiger charge is -2.14. The third-order valence-electron chi connectivity index (χ3n) is 4.97. The van der Waals surface area contributed by atoms with Crippen LogP contribution in [0.15, 0.2) is 42.7 Å². The molecule has 1 aliphatic heterocycles. The van der Waals surface area contributed by atoms with Crippen molar-refractivity contribution >= 4 is 34.3 Å². The van der Waals surface area contributed by atoms with Gasteiger partial charge < -0.3 is 14.6 Å². The molecule has 1 N–H and O–H groups in total. The lowest BCUT2D eigenvalue weighted by Crippen LogP contribution is -2.16. The number of rotatable bonds is 0. The lowest BCUT2D eigenvalue weighted by molar-refractivity contribution is 0.102. The van der Waals surface area contributed by atoms with Gasteiger partial charge >= 0.3 is 0 Å². The Morgan fingerprint density at radius 2 is 2.15 bits per heavy atom. The van der Waals surface area contributed by atoms with E-state index in [1.807, 2.05) is 34.9 Å². The van der Waals surface area contributed by atoms with Crippen LogP contribution in [0.2, 0.25) is 0 Å². The number of nitrogens with zero attached hydrogens (tertiary/aromatic N) is 4. The number of anilines is 1. The summed E-state index contributed by atoms with van der Waals surface area (Å²) in [5.41, 5.74) is 1.21. The fraction of sp³-hybridized carbons (Fsp3) is 0.263. The first-order chi connectivity index (χ1) is 13.2. The first kappa shape index (κ1) is 16.7. The van der Waals surface area contributed by atoms with Crippen LogP contribution < -0.4 is 10.1 Å². The number of fused-ring (bicyclic) bond motifs is 6. The molecule has 27 heavy (non-hydrogen) atoms. The van der Waals surface area contributed by atoms with E-state index in [-0.39, 0.29) is 5.91 Å². The van der Waals surface area contributed by atoms with Gasteiger partial charge in [-0.05, 0) is 71.2 Å². The molecule has 1 fully saturated rings. The van der Waals surface area contributed by atoms with Gasteiger partial charge in [-0.15, -0.1) is 10.2 Å². The molecule has 2 aromatic heterocycles. The van der Waals surface area contributed by atoms with Gasteiger partial charge in [-0.25, -0.2) is 4.98 Å². The smallest absolute Gasteiger partial charge is 0.260 e. The van der Waals surface area contributed by atoms with Gasteiger partial charge in [0.15, 0.2) is 5.82 Å². The van der Waals surface area contributed by atoms with Crippen molar-refractivity contribution in [2.24, 2.45) is 11.8 Å². The zero-order valence-corrected chi connectivity index (χ0v) is 16.5. The molecule has 3 heterocycles. The predicted molar refractivity (Wildman–Crippen MR) is 107 cm³/mol. The number of amides is 1. The maximum absolute atomic E-state index is 12.9. The zero-order chi connectivity index (χ0) is 18.4. The SMILES string of the molecule is O=C1Nc2cccc(n2)-c2nncn2CC2C[C@H]2COc2ccc(I)cc21. The number of ether oxygens (including phenoxy) is 1. The highest BCUT2D eigenvalue weighted by Gasteiger charge is 2.38. The number of halogens is 1. The van der Waals surface area contributed by atoms with E-state index in [0.29, 0.717) is 47.1 Å². The maximum Gasteiger partial charge on any atom is 0.260 e. The second-order valence-electron chi connectivity index (χ2n) is 6.88. The molecule has 0 radical (unpaired) electrons. The monoisotopic (exact) mass is 473 g/mol. The standard InChI is InChI=1S/C19H16IN5O2/c20-13-4-5-16-14(7-13)19(26)23-17-3-1-2-15(22-17)18-24-21-10-25(18)8-11-6-12(11)9-27-16/h1-5,7,10-12H,6,8-9H2,(H,22,23,26)/t11?,12-/m0/s1. The van der Waals surface area contributed by atoms with E-state index < -0.39 is 0 Å². The summed E-state index contributed by atoms with van der Waals surface area (Å²) in [6.07, 6.45) is 2.83. The van der Waals surface area contributed by atoms with Crippen LogP contribution in [-0.2, 0) is 6.54 Å². The molecular weight excluding hydrogens is 457 g/mol. The molecule has 1 aromatic carbocycles. The summed E-state index contributed by atoms with van der Waals surface area (Å²) >= 11 is 2.19. The van der Waals surface area contributed by atoms with Crippen LogP contribution in [0.1, 0.15) is 16.8 Å². The van der Waals surface area contributed by atoms with Crippen LogP contribution in [0.5, 0.6) is 5.75 Å². The molecule has 7 nitrogen and oxygen atoms in total. The van der Waals surface area contributed by atoms with Crippen molar-refractivity contribution in [1.29, 1.82) is 0 Å². The Morgan fingerprint density at radius 1 is 1.22 bits per heavy atom. The molecule has 1 saturated carbocycles. The summed E-state index contributed by atoms with van der Waals surface area (Å²) in [5, 5.41) is 11.1. The second-order valence-corrected chi connectivity index (χ2v) is 8.12. The van der Waals surface area contributed by atoms with Crippen LogP contribution in [-0.4, -0.2) is 32.3 Å². The molecule has 2 atom stereocenters. The zero-order valence-electron chi connectivity index (χ0n) is 14.3. The Kier molecular flexibility index (Phi) is 4.07. The number of pyridine rings is 1. The van der Waals surface area contributed by atoms with E-state index in [9.17, 15) is 4.79 Å². The van der Waals surface area contributed by atoms with Crippen molar-refractivity contribution in [2.75, 3.05) is 11.9 Å². The van der Waals surface area contributed by atoms with E-state index in [1.54, 1.807) is 12.4 Å². The quantitative estimate of drug-likeness (QED) is 0.508. The Morgan fingerprint density at radius 3 is 3.07 bits per heavy atom. The second kappa shape index (κ2) is 6.59. The number of nitrogens with one attached hydrogen (secondary N) is 1. The molecule has 3 aromatic rings. The van der Waals surface area contributed by atoms with E-state index in [2.05, 4.69) is 43.1 Å². The normalized spacial score (nSPS) is 21.0. The van der Waals surface area contributed by atoms with Gasteiger partial charge in [-0.2, -0.15) is 0 Å². The summed E-state index contributed by atoms with van der Waals surface area (Å²) < 4.78 is 9.02. The molecule has 0 saturated heterocycles. The van der Waals surface area contributed by atoms with Gasteiger partial charge in [0.25, 0.3) is 5.91 Å². The molecule has 136 valence electrons. The molecule has 1 aliphatic carbocycles. The van der Waals surface area contributed by atoms with Gasteiger partial charge in [0, 0.05) is 10.1 Å². The molecule has 0 spiro atoms. The van der Waals surface area contributed by atoms with E-state index in [4.69, 9.17) is 4.74 Å². The van der Waals surface area contributed by atoms with Crippen LogP contribution >= 0.6 is 22.6 Å². The van der Waals surface area contributed by atoms with Gasteiger partial charge in [0.1, 0.15) is 23.6 Å². The lowest BCUT2D eigenvalue weighted by atomic mass is 10.2. The van der Waals surface area contributed by atoms with E-state index in [0.717, 1.165) is 16.5 Å². The number of aromatic nitrogens is 4. The van der Waals surface area contributed by atoms with Crippen molar-refractivity contribution in [3.8, 4) is 17.3 Å². The summed E-state index contributed by atoms with van der Waals surface area (Å²) in [6, 6.07) is 11.1. The summed E-state index contributed by atoms with van der Waals surface area (Å²) in [7, 11) is 0. The molecule has 2 bridgehead atoms. The molecule has 2 aliphatic rings. The molecule has 5 rings (SSSR count). The van der Waals surface area contributed by atoms with Crippen molar-refractivity contribution in [3.05, 3.63) is 51.9 Å². The number of carbonyl (C=O) groups is 1. The van der Waals surface area contributed by atoms with Crippen molar-refractivity contribution in [2.45, 2.75) is 13.0 Å². The van der Waals surface area contributed by atoms with Gasteiger partial charge in [-0.3, -0.25) is 4.79 Å². The number of hydrogen-bond acceptors (Lipinski definition) is 5. The highest BCUT2D eigenvalue weighted by atomic mass is 127. The van der Waals surface area contributed by atoms with Crippen molar-refractivity contribution in [3.63, 3.8) is 0 Å². The number of hydrogen-bond donors (Lipinski definition) is 1. The summed E-state index contributed by atoms with van der Waals surface area (Å²) in [5.74, 6) is 2.54. The number of carbonyl (C=O) groups excluding carboxylic acids is 1. The van der Waals surface area contributed by atoms with Gasteiger partial charge in [0.05, 0.1) is 12.2 Å². The minimum absolute atomic E-state index is 0.237. The average molecular weight is 473 g/mol. The fourth-order valence-corrected chi connectivity index (χ4v) is 3.88. The Hall–Kier alpha value is -2.49. The minimum Gasteiger partial charge on any atom is -0.492 e. The molecule has 1 unspecified atom stereocenters. The summed E-state index contributed by atoms with van der Waals surface area (Å²) in [6.45, 7) is 1.45. The highest BCUT2D eigenvalue weighted by Crippen LogP contribution is 2.41. The third-order valence-corrected chi connectivity index (χ3v) is 5.65. The van der Waals surface area contributed by atoms with Gasteiger partial charge in [0.2, 0.25) is 0 Å². The Balaban J connectivity index is 1.58. The van der Waals surface area contributed by atoms with E-state index in [1.165, 1.54) is 0 Å². The third kappa shape index (κ3) is 3.29. The van der Waals surface area contributed by atoms with E-state index >= 15 is 0 Å². The first-order valence-electron chi connectivity index (χ1n) is 8.76. The minimum atomic E-state index is -0.237. The van der Waals surface area contributed by atoms with Crippen LogP contribution in [0, 0.1) is 15.4 Å². The molecule has 8 heteroatoms. The van der Waals surface area contributed by atoms with Crippen LogP contribution in [0.25, 0.3) is 11.5 Å². The van der Waals surface area contributed by atoms with Crippen molar-refractivity contribution < 1.29 is 9.53 Å². The average Bonchev–Trinajstić information content (AvgIpc) is 3.23. The highest BCUT2D eigenvalue weighted by molar-refractivity contribution is 14.1. The first-order valence-corrected chi connectivity index (χ1v) is 9.84. The topological polar surface area (TPSA) is 81.9 Å². The number of benzene rings is 1. The van der Waals surface area contributed by atoms with Crippen LogP contribution in [0.3, 0.4) is 0 Å². The van der Waals surface area contributed by atoms with Crippen LogP contribution in [0.4, 0.5) is 5.82 Å². The Labute approximate surface area is 169 Å². The summed E-state index contributed by atoms with van der Waals surface area (Å²) in [4.78, 5) is 17.4. The predicted octanol–water partition coefficient (Wildman–Crippen LogP) is 3.23. The fourth-order valence-electron chi connectivity index (χ4n) is 3.39. The van der Waals surface area contributed by atoms with Crippen molar-refractivity contribution in [1.82, 2.24) is 19.7 Å². The Bertz CT molecular complexity index is 1030. The van der Waals surface area contributed by atoms with Gasteiger partial charge in [-0.1, -0.05) is 6.07 Å². The molecular formula is C19H16IN5O2. The maximum atomic E-state index is 12.9. The molecule has 1 amide bonds.